The van der Waals surface area contributed by atoms with E-state index in [0.717, 1.165) is 18.9 Å². The van der Waals surface area contributed by atoms with E-state index in [1.807, 2.05) is 0 Å². The van der Waals surface area contributed by atoms with Gasteiger partial charge in [-0.05, 0) is 6.54 Å². The molecular weight excluding hydrogens is 292 g/mol. The molecular formula is C13H22N4O3S. The summed E-state index contributed by atoms with van der Waals surface area (Å²) in [6.45, 7) is 6.24. The number of aromatic amines is 1. The summed E-state index contributed by atoms with van der Waals surface area (Å²) in [4.78, 5) is 23.4. The monoisotopic (exact) mass is 314 g/mol. The molecule has 0 spiro atoms. The molecule has 0 saturated carbocycles. The molecule has 0 aliphatic carbocycles. The maximum atomic E-state index is 12.2. The van der Waals surface area contributed by atoms with Gasteiger partial charge in [-0.15, -0.1) is 0 Å². The molecule has 1 aliphatic heterocycles. The molecule has 2 heterocycles. The Bertz CT molecular complexity index is 570. The second kappa shape index (κ2) is 6.57. The van der Waals surface area contributed by atoms with Crippen molar-refractivity contribution in [2.24, 2.45) is 0 Å². The summed E-state index contributed by atoms with van der Waals surface area (Å²) in [5.74, 6) is 0.0901. The van der Waals surface area contributed by atoms with E-state index >= 15 is 0 Å². The topological polar surface area (TPSA) is 86.4 Å². The summed E-state index contributed by atoms with van der Waals surface area (Å²) in [5, 5.41) is 0. The van der Waals surface area contributed by atoms with E-state index in [2.05, 4.69) is 21.8 Å². The minimum absolute atomic E-state index is 0.00469. The molecule has 1 aromatic heterocycles. The molecule has 0 aromatic carbocycles. The lowest BCUT2D eigenvalue weighted by molar-refractivity contribution is -0.131. The minimum Gasteiger partial charge on any atom is -0.347 e. The van der Waals surface area contributed by atoms with Gasteiger partial charge in [0.05, 0.1) is 6.04 Å². The van der Waals surface area contributed by atoms with Crippen LogP contribution >= 0.6 is 0 Å². The third kappa shape index (κ3) is 3.82. The Morgan fingerprint density at radius 1 is 1.43 bits per heavy atom. The van der Waals surface area contributed by atoms with Crippen LogP contribution in [0, 0.1) is 0 Å². The predicted molar refractivity (Wildman–Crippen MR) is 79.5 cm³/mol. The van der Waals surface area contributed by atoms with E-state index in [1.54, 1.807) is 24.2 Å². The van der Waals surface area contributed by atoms with Crippen molar-refractivity contribution in [3.05, 3.63) is 18.2 Å². The molecule has 118 valence electrons. The van der Waals surface area contributed by atoms with E-state index in [1.165, 1.54) is 0 Å². The lowest BCUT2D eigenvalue weighted by atomic mass is 10.1. The van der Waals surface area contributed by atoms with Gasteiger partial charge in [-0.2, -0.15) is 0 Å². The van der Waals surface area contributed by atoms with Crippen LogP contribution in [-0.4, -0.2) is 71.8 Å². The number of nitrogens with zero attached hydrogens (tertiary/aromatic N) is 3. The first kappa shape index (κ1) is 16.0. The summed E-state index contributed by atoms with van der Waals surface area (Å²) in [6.07, 6.45) is 3.44. The molecule has 1 saturated heterocycles. The summed E-state index contributed by atoms with van der Waals surface area (Å²) in [5.41, 5.74) is 0. The van der Waals surface area contributed by atoms with Gasteiger partial charge >= 0.3 is 0 Å². The molecule has 1 aliphatic rings. The Morgan fingerprint density at radius 2 is 2.19 bits per heavy atom. The van der Waals surface area contributed by atoms with E-state index < -0.39 is 15.6 Å². The average Bonchev–Trinajstić information content (AvgIpc) is 3.00. The van der Waals surface area contributed by atoms with Crippen molar-refractivity contribution in [1.29, 1.82) is 0 Å². The average molecular weight is 314 g/mol. The molecule has 1 N–H and O–H groups in total. The largest absolute Gasteiger partial charge is 0.347 e. The van der Waals surface area contributed by atoms with E-state index in [9.17, 15) is 13.2 Å². The number of piperazine rings is 1. The van der Waals surface area contributed by atoms with Crippen molar-refractivity contribution in [3.8, 4) is 0 Å². The van der Waals surface area contributed by atoms with Gasteiger partial charge in [0, 0.05) is 37.8 Å². The zero-order chi connectivity index (χ0) is 15.5. The van der Waals surface area contributed by atoms with Gasteiger partial charge in [0.2, 0.25) is 5.91 Å². The number of sulfone groups is 1. The number of carbonyl (C=O) groups excluding carboxylic acids is 1. The fourth-order valence-electron chi connectivity index (χ4n) is 2.53. The zero-order valence-corrected chi connectivity index (χ0v) is 13.3. The van der Waals surface area contributed by atoms with Crippen molar-refractivity contribution < 1.29 is 13.2 Å². The summed E-state index contributed by atoms with van der Waals surface area (Å²) < 4.78 is 23.2. The standard InChI is InChI=1S/C13H22N4O3S/c1-3-16-7-8-17(12(18)10-21(19,20)4-2)9-11(16)13-14-5-6-15-13/h5-6,11H,3-4,7-10H2,1-2H3,(H,14,15)/t11-/m0/s1. The number of hydrogen-bond donors (Lipinski definition) is 1. The van der Waals surface area contributed by atoms with Crippen molar-refractivity contribution in [3.63, 3.8) is 0 Å². The van der Waals surface area contributed by atoms with Crippen LogP contribution < -0.4 is 0 Å². The summed E-state index contributed by atoms with van der Waals surface area (Å²) in [6, 6.07) is -0.00738. The van der Waals surface area contributed by atoms with Gasteiger partial charge < -0.3 is 9.88 Å². The second-order valence-corrected chi connectivity index (χ2v) is 7.49. The lowest BCUT2D eigenvalue weighted by Gasteiger charge is -2.40. The fourth-order valence-corrected chi connectivity index (χ4v) is 3.29. The highest BCUT2D eigenvalue weighted by Gasteiger charge is 2.32. The molecule has 21 heavy (non-hydrogen) atoms. The predicted octanol–water partition coefficient (Wildman–Crippen LogP) is 0.0496. The van der Waals surface area contributed by atoms with Crippen LogP contribution in [0.3, 0.4) is 0 Å². The third-order valence-corrected chi connectivity index (χ3v) is 5.43. The first-order valence-corrected chi connectivity index (χ1v) is 9.00. The third-order valence-electron chi connectivity index (χ3n) is 3.87. The van der Waals surface area contributed by atoms with Gasteiger partial charge in [-0.3, -0.25) is 9.69 Å². The molecule has 0 unspecified atom stereocenters. The van der Waals surface area contributed by atoms with Crippen molar-refractivity contribution in [2.75, 3.05) is 37.7 Å². The second-order valence-electron chi connectivity index (χ2n) is 5.14. The quantitative estimate of drug-likeness (QED) is 0.830. The number of aromatic nitrogens is 2. The number of carbonyl (C=O) groups is 1. The molecule has 7 nitrogen and oxygen atoms in total. The molecule has 1 fully saturated rings. The maximum Gasteiger partial charge on any atom is 0.237 e. The van der Waals surface area contributed by atoms with E-state index in [0.29, 0.717) is 13.1 Å². The number of likely N-dealkylation sites (N-methyl/N-ethyl adjacent to an activating group) is 1. The molecule has 1 aromatic rings. The van der Waals surface area contributed by atoms with Gasteiger partial charge in [0.15, 0.2) is 9.84 Å². The number of rotatable bonds is 5. The lowest BCUT2D eigenvalue weighted by Crippen LogP contribution is -2.51. The smallest absolute Gasteiger partial charge is 0.237 e. The number of hydrogen-bond acceptors (Lipinski definition) is 5. The van der Waals surface area contributed by atoms with Gasteiger partial charge in [0.25, 0.3) is 0 Å². The Morgan fingerprint density at radius 3 is 2.76 bits per heavy atom. The summed E-state index contributed by atoms with van der Waals surface area (Å²) in [7, 11) is -3.29. The van der Waals surface area contributed by atoms with Crippen molar-refractivity contribution in [2.45, 2.75) is 19.9 Å². The highest BCUT2D eigenvalue weighted by Crippen LogP contribution is 2.22. The van der Waals surface area contributed by atoms with Crippen LogP contribution in [0.4, 0.5) is 0 Å². The van der Waals surface area contributed by atoms with Crippen molar-refractivity contribution in [1.82, 2.24) is 19.8 Å². The number of amides is 1. The SMILES string of the molecule is CCN1CCN(C(=O)CS(=O)(=O)CC)C[C@H]1c1ncc[nH]1. The molecule has 2 rings (SSSR count). The van der Waals surface area contributed by atoms with E-state index in [4.69, 9.17) is 0 Å². The number of imidazole rings is 1. The Hall–Kier alpha value is -1.41. The Balaban J connectivity index is 2.09. The Labute approximate surface area is 125 Å². The van der Waals surface area contributed by atoms with Gasteiger partial charge in [0.1, 0.15) is 11.6 Å². The van der Waals surface area contributed by atoms with Crippen LogP contribution in [0.2, 0.25) is 0 Å². The molecule has 0 bridgehead atoms. The molecule has 1 amide bonds. The number of nitrogens with one attached hydrogen (secondary N) is 1. The summed E-state index contributed by atoms with van der Waals surface area (Å²) >= 11 is 0. The van der Waals surface area contributed by atoms with Gasteiger partial charge in [-0.1, -0.05) is 13.8 Å². The first-order chi connectivity index (χ1) is 9.96. The van der Waals surface area contributed by atoms with Crippen LogP contribution in [0.15, 0.2) is 12.4 Å². The zero-order valence-electron chi connectivity index (χ0n) is 12.4. The van der Waals surface area contributed by atoms with Crippen molar-refractivity contribution >= 4 is 15.7 Å². The molecule has 8 heteroatoms. The van der Waals surface area contributed by atoms with Crippen LogP contribution in [0.1, 0.15) is 25.7 Å². The first-order valence-electron chi connectivity index (χ1n) is 7.18. The number of H-pyrrole nitrogens is 1. The normalized spacial score (nSPS) is 20.7. The van der Waals surface area contributed by atoms with Gasteiger partial charge in [-0.25, -0.2) is 13.4 Å². The van der Waals surface area contributed by atoms with Crippen LogP contribution in [0.5, 0.6) is 0 Å². The van der Waals surface area contributed by atoms with E-state index in [-0.39, 0.29) is 17.7 Å². The highest BCUT2D eigenvalue weighted by molar-refractivity contribution is 7.92. The highest BCUT2D eigenvalue weighted by atomic mass is 32.2. The Kier molecular flexibility index (Phi) is 5.00. The maximum absolute atomic E-state index is 12.2. The van der Waals surface area contributed by atoms with Crippen LogP contribution in [-0.2, 0) is 14.6 Å². The fraction of sp³-hybridized carbons (Fsp3) is 0.692. The minimum atomic E-state index is -3.29. The molecule has 1 atom stereocenters. The van der Waals surface area contributed by atoms with Crippen LogP contribution in [0.25, 0.3) is 0 Å². The molecule has 0 radical (unpaired) electrons.